The molecule has 3 rings (SSSR count). The van der Waals surface area contributed by atoms with Crippen LogP contribution >= 0.6 is 0 Å². The SMILES string of the molecule is CCc1c(C(=O)N2CCC[C@@H]2[C@H]2CCCC[C@H]2O)cnn1C(C)(C)C. The van der Waals surface area contributed by atoms with Gasteiger partial charge in [0, 0.05) is 18.5 Å². The Morgan fingerprint density at radius 2 is 1.96 bits per heavy atom. The summed E-state index contributed by atoms with van der Waals surface area (Å²) in [6, 6.07) is 0.186. The Balaban J connectivity index is 1.86. The molecule has 3 atom stereocenters. The predicted octanol–water partition coefficient (Wildman–Crippen LogP) is 3.36. The zero-order chi connectivity index (χ0) is 18.2. The molecular weight excluding hydrogens is 314 g/mol. The van der Waals surface area contributed by atoms with Gasteiger partial charge in [0.1, 0.15) is 0 Å². The number of carbonyl (C=O) groups is 1. The molecule has 0 bridgehead atoms. The fraction of sp³-hybridized carbons (Fsp3) is 0.800. The summed E-state index contributed by atoms with van der Waals surface area (Å²) in [5, 5.41) is 15.0. The average Bonchev–Trinajstić information content (AvgIpc) is 3.20. The van der Waals surface area contributed by atoms with E-state index < -0.39 is 0 Å². The van der Waals surface area contributed by atoms with Crippen molar-refractivity contribution in [2.24, 2.45) is 5.92 Å². The van der Waals surface area contributed by atoms with Gasteiger partial charge in [-0.3, -0.25) is 9.48 Å². The van der Waals surface area contributed by atoms with Crippen LogP contribution in [-0.4, -0.2) is 44.4 Å². The molecule has 1 aromatic heterocycles. The molecule has 0 radical (unpaired) electrons. The van der Waals surface area contributed by atoms with Crippen molar-refractivity contribution in [2.45, 2.75) is 90.3 Å². The third-order valence-corrected chi connectivity index (χ3v) is 5.91. The van der Waals surface area contributed by atoms with Crippen molar-refractivity contribution in [3.05, 3.63) is 17.5 Å². The summed E-state index contributed by atoms with van der Waals surface area (Å²) in [5.41, 5.74) is 1.63. The van der Waals surface area contributed by atoms with E-state index in [1.54, 1.807) is 6.20 Å². The molecule has 5 heteroatoms. The molecule has 1 N–H and O–H groups in total. The Kier molecular flexibility index (Phi) is 5.24. The predicted molar refractivity (Wildman–Crippen MR) is 98.6 cm³/mol. The summed E-state index contributed by atoms with van der Waals surface area (Å²) in [4.78, 5) is 15.3. The van der Waals surface area contributed by atoms with Gasteiger partial charge in [-0.05, 0) is 52.9 Å². The van der Waals surface area contributed by atoms with Crippen molar-refractivity contribution in [2.75, 3.05) is 6.54 Å². The number of likely N-dealkylation sites (tertiary alicyclic amines) is 1. The molecule has 140 valence electrons. The zero-order valence-corrected chi connectivity index (χ0v) is 16.2. The number of amides is 1. The maximum absolute atomic E-state index is 13.3. The molecule has 1 saturated carbocycles. The molecule has 0 unspecified atom stereocenters. The number of hydrogen-bond donors (Lipinski definition) is 1. The van der Waals surface area contributed by atoms with Gasteiger partial charge >= 0.3 is 0 Å². The number of nitrogens with zero attached hydrogens (tertiary/aromatic N) is 3. The molecule has 5 nitrogen and oxygen atoms in total. The summed E-state index contributed by atoms with van der Waals surface area (Å²) in [7, 11) is 0. The first-order chi connectivity index (χ1) is 11.8. The summed E-state index contributed by atoms with van der Waals surface area (Å²) in [5.74, 6) is 0.343. The maximum atomic E-state index is 13.3. The number of carbonyl (C=O) groups excluding carboxylic acids is 1. The molecule has 0 aromatic carbocycles. The highest BCUT2D eigenvalue weighted by atomic mass is 16.3. The van der Waals surface area contributed by atoms with E-state index >= 15 is 0 Å². The lowest BCUT2D eigenvalue weighted by molar-refractivity contribution is 0.0211. The Morgan fingerprint density at radius 3 is 2.60 bits per heavy atom. The lowest BCUT2D eigenvalue weighted by Crippen LogP contribution is -2.45. The number of aliphatic hydroxyl groups is 1. The van der Waals surface area contributed by atoms with Gasteiger partial charge in [-0.15, -0.1) is 0 Å². The maximum Gasteiger partial charge on any atom is 0.257 e. The topological polar surface area (TPSA) is 58.4 Å². The lowest BCUT2D eigenvalue weighted by atomic mass is 9.80. The number of hydrogen-bond acceptors (Lipinski definition) is 3. The number of aliphatic hydroxyl groups excluding tert-OH is 1. The monoisotopic (exact) mass is 347 g/mol. The fourth-order valence-corrected chi connectivity index (χ4v) is 4.70. The van der Waals surface area contributed by atoms with Crippen LogP contribution in [0, 0.1) is 5.92 Å². The molecule has 2 heterocycles. The molecule has 1 amide bonds. The molecule has 1 aliphatic heterocycles. The van der Waals surface area contributed by atoms with Gasteiger partial charge < -0.3 is 10.0 Å². The van der Waals surface area contributed by atoms with Crippen LogP contribution in [0.4, 0.5) is 0 Å². The molecule has 2 aliphatic rings. The highest BCUT2D eigenvalue weighted by Crippen LogP contribution is 2.35. The van der Waals surface area contributed by atoms with Crippen molar-refractivity contribution < 1.29 is 9.90 Å². The van der Waals surface area contributed by atoms with E-state index in [1.165, 1.54) is 6.42 Å². The largest absolute Gasteiger partial charge is 0.393 e. The van der Waals surface area contributed by atoms with Crippen LogP contribution in [0.2, 0.25) is 0 Å². The van der Waals surface area contributed by atoms with Crippen molar-refractivity contribution >= 4 is 5.91 Å². The minimum Gasteiger partial charge on any atom is -0.393 e. The third kappa shape index (κ3) is 3.48. The van der Waals surface area contributed by atoms with E-state index in [2.05, 4.69) is 32.8 Å². The number of aromatic nitrogens is 2. The highest BCUT2D eigenvalue weighted by molar-refractivity contribution is 5.95. The van der Waals surface area contributed by atoms with Crippen LogP contribution in [0.3, 0.4) is 0 Å². The highest BCUT2D eigenvalue weighted by Gasteiger charge is 2.40. The minimum absolute atomic E-state index is 0.104. The fourth-order valence-electron chi connectivity index (χ4n) is 4.70. The molecule has 2 fully saturated rings. The second kappa shape index (κ2) is 7.10. The Hall–Kier alpha value is -1.36. The van der Waals surface area contributed by atoms with E-state index in [4.69, 9.17) is 0 Å². The average molecular weight is 348 g/mol. The van der Waals surface area contributed by atoms with Gasteiger partial charge in [-0.25, -0.2) is 0 Å². The van der Waals surface area contributed by atoms with Crippen molar-refractivity contribution in [1.29, 1.82) is 0 Å². The molecule has 1 aliphatic carbocycles. The molecule has 1 saturated heterocycles. The van der Waals surface area contributed by atoms with Crippen LogP contribution < -0.4 is 0 Å². The van der Waals surface area contributed by atoms with E-state index in [0.717, 1.165) is 56.3 Å². The zero-order valence-electron chi connectivity index (χ0n) is 16.2. The Morgan fingerprint density at radius 1 is 1.24 bits per heavy atom. The van der Waals surface area contributed by atoms with E-state index in [9.17, 15) is 9.90 Å². The summed E-state index contributed by atoms with van der Waals surface area (Å²) >= 11 is 0. The van der Waals surface area contributed by atoms with Crippen LogP contribution in [-0.2, 0) is 12.0 Å². The van der Waals surface area contributed by atoms with Crippen molar-refractivity contribution in [1.82, 2.24) is 14.7 Å². The third-order valence-electron chi connectivity index (χ3n) is 5.91. The first kappa shape index (κ1) is 18.4. The summed E-state index contributed by atoms with van der Waals surface area (Å²) in [6.45, 7) is 9.23. The Labute approximate surface area is 151 Å². The van der Waals surface area contributed by atoms with Gasteiger partial charge in [-0.1, -0.05) is 19.8 Å². The summed E-state index contributed by atoms with van der Waals surface area (Å²) in [6.07, 6.45) is 8.54. The second-order valence-electron chi connectivity index (χ2n) is 8.66. The van der Waals surface area contributed by atoms with Crippen molar-refractivity contribution in [3.63, 3.8) is 0 Å². The Bertz CT molecular complexity index is 617. The lowest BCUT2D eigenvalue weighted by Gasteiger charge is -2.37. The number of rotatable bonds is 3. The van der Waals surface area contributed by atoms with Gasteiger partial charge in [0.2, 0.25) is 0 Å². The molecular formula is C20H33N3O2. The van der Waals surface area contributed by atoms with Crippen LogP contribution in [0.25, 0.3) is 0 Å². The van der Waals surface area contributed by atoms with E-state index in [1.807, 2.05) is 9.58 Å². The van der Waals surface area contributed by atoms with Crippen LogP contribution in [0.1, 0.15) is 82.3 Å². The van der Waals surface area contributed by atoms with E-state index in [0.29, 0.717) is 0 Å². The second-order valence-corrected chi connectivity index (χ2v) is 8.66. The molecule has 1 aromatic rings. The first-order valence-corrected chi connectivity index (χ1v) is 9.91. The summed E-state index contributed by atoms with van der Waals surface area (Å²) < 4.78 is 1.99. The van der Waals surface area contributed by atoms with Crippen LogP contribution in [0.5, 0.6) is 0 Å². The molecule has 25 heavy (non-hydrogen) atoms. The van der Waals surface area contributed by atoms with E-state index in [-0.39, 0.29) is 29.5 Å². The first-order valence-electron chi connectivity index (χ1n) is 9.91. The van der Waals surface area contributed by atoms with Gasteiger partial charge in [-0.2, -0.15) is 5.10 Å². The quantitative estimate of drug-likeness (QED) is 0.912. The minimum atomic E-state index is -0.255. The normalized spacial score (nSPS) is 27.7. The van der Waals surface area contributed by atoms with Crippen molar-refractivity contribution in [3.8, 4) is 0 Å². The van der Waals surface area contributed by atoms with Gasteiger partial charge in [0.05, 0.1) is 29.1 Å². The van der Waals surface area contributed by atoms with Crippen LogP contribution in [0.15, 0.2) is 6.20 Å². The smallest absolute Gasteiger partial charge is 0.257 e. The molecule has 0 spiro atoms. The standard InChI is InChI=1S/C20H33N3O2/c1-5-16-15(13-21-23(16)20(2,3)4)19(25)22-12-8-10-17(22)14-9-6-7-11-18(14)24/h13-14,17-18,24H,5-12H2,1-4H3/t14-,17-,18-/m1/s1. The van der Waals surface area contributed by atoms with Gasteiger partial charge in [0.15, 0.2) is 0 Å². The van der Waals surface area contributed by atoms with Gasteiger partial charge in [0.25, 0.3) is 5.91 Å².